The van der Waals surface area contributed by atoms with E-state index >= 15 is 0 Å². The van der Waals surface area contributed by atoms with E-state index in [-0.39, 0.29) is 0 Å². The number of rotatable bonds is 2. The van der Waals surface area contributed by atoms with Gasteiger partial charge >= 0.3 is 0 Å². The lowest BCUT2D eigenvalue weighted by atomic mass is 10.3. The summed E-state index contributed by atoms with van der Waals surface area (Å²) in [6.45, 7) is 1.92. The predicted molar refractivity (Wildman–Crippen MR) is 84.1 cm³/mol. The monoisotopic (exact) mass is 408 g/mol. The van der Waals surface area contributed by atoms with Gasteiger partial charge in [0, 0.05) is 8.95 Å². The minimum Gasteiger partial charge on any atom is -0.339 e. The second-order valence-electron chi connectivity index (χ2n) is 3.61. The van der Waals surface area contributed by atoms with Crippen molar-refractivity contribution in [1.29, 1.82) is 0 Å². The summed E-state index contributed by atoms with van der Waals surface area (Å²) in [5.41, 5.74) is 1.62. The maximum atomic E-state index is 6.16. The fourth-order valence-corrected chi connectivity index (χ4v) is 2.42. The quantitative estimate of drug-likeness (QED) is 0.617. The number of benzene rings is 1. The minimum absolute atomic E-state index is 0.466. The van der Waals surface area contributed by atoms with E-state index in [4.69, 9.17) is 23.2 Å². The molecule has 0 saturated heterocycles. The van der Waals surface area contributed by atoms with Crippen molar-refractivity contribution in [1.82, 2.24) is 4.98 Å². The molecule has 0 spiro atoms. The zero-order chi connectivity index (χ0) is 13.3. The van der Waals surface area contributed by atoms with Gasteiger partial charge in [-0.2, -0.15) is 0 Å². The first-order valence-electron chi connectivity index (χ1n) is 5.02. The molecule has 0 aliphatic carbocycles. The molecule has 2 rings (SSSR count). The standard InChI is InChI=1S/C12H8Br2Cl2N2/c1-6-7(13)3-5-10(17-6)18-9-4-2-8(14)11(15)12(9)16/h2-5H,1H3,(H,17,18). The van der Waals surface area contributed by atoms with Gasteiger partial charge in [-0.3, -0.25) is 0 Å². The largest absolute Gasteiger partial charge is 0.339 e. The number of nitrogens with one attached hydrogen (secondary N) is 1. The number of aromatic nitrogens is 1. The van der Waals surface area contributed by atoms with E-state index in [9.17, 15) is 0 Å². The summed E-state index contributed by atoms with van der Waals surface area (Å²) in [6, 6.07) is 7.47. The van der Waals surface area contributed by atoms with Crippen molar-refractivity contribution in [2.75, 3.05) is 5.32 Å². The molecule has 0 unspecified atom stereocenters. The van der Waals surface area contributed by atoms with Gasteiger partial charge < -0.3 is 5.32 Å². The number of pyridine rings is 1. The van der Waals surface area contributed by atoms with Gasteiger partial charge in [0.25, 0.3) is 0 Å². The van der Waals surface area contributed by atoms with Crippen molar-refractivity contribution < 1.29 is 0 Å². The van der Waals surface area contributed by atoms with E-state index in [2.05, 4.69) is 42.2 Å². The van der Waals surface area contributed by atoms with Crippen molar-refractivity contribution in [2.24, 2.45) is 0 Å². The SMILES string of the molecule is Cc1nc(Nc2ccc(Br)c(Cl)c2Cl)ccc1Br. The van der Waals surface area contributed by atoms with Gasteiger partial charge in [0.15, 0.2) is 0 Å². The Morgan fingerprint density at radius 1 is 1.00 bits per heavy atom. The summed E-state index contributed by atoms with van der Waals surface area (Å²) in [7, 11) is 0. The van der Waals surface area contributed by atoms with Crippen molar-refractivity contribution >= 4 is 66.6 Å². The Bertz CT molecular complexity index is 603. The Balaban J connectivity index is 2.34. The molecule has 0 radical (unpaired) electrons. The summed E-state index contributed by atoms with van der Waals surface area (Å²) in [5, 5.41) is 4.09. The minimum atomic E-state index is 0.466. The molecule has 1 N–H and O–H groups in total. The van der Waals surface area contributed by atoms with E-state index in [1.54, 1.807) is 0 Å². The van der Waals surface area contributed by atoms with Crippen molar-refractivity contribution in [3.8, 4) is 0 Å². The fourth-order valence-electron chi connectivity index (χ4n) is 1.37. The van der Waals surface area contributed by atoms with Gasteiger partial charge in [0.1, 0.15) is 5.82 Å². The molecule has 1 heterocycles. The lowest BCUT2D eigenvalue weighted by Gasteiger charge is -2.10. The molecule has 2 aromatic rings. The predicted octanol–water partition coefficient (Wildman–Crippen LogP) is 5.97. The Kier molecular flexibility index (Phi) is 4.54. The first kappa shape index (κ1) is 14.1. The number of aryl methyl sites for hydroxylation is 1. The molecule has 0 amide bonds. The number of anilines is 2. The Morgan fingerprint density at radius 2 is 1.67 bits per heavy atom. The smallest absolute Gasteiger partial charge is 0.130 e. The van der Waals surface area contributed by atoms with Crippen LogP contribution >= 0.6 is 55.1 Å². The molecule has 94 valence electrons. The Labute approximate surface area is 132 Å². The molecular weight excluding hydrogens is 403 g/mol. The highest BCUT2D eigenvalue weighted by Crippen LogP contribution is 2.37. The molecule has 6 heteroatoms. The molecule has 1 aromatic heterocycles. The van der Waals surface area contributed by atoms with Gasteiger partial charge in [-0.05, 0) is 63.0 Å². The number of hydrogen-bond donors (Lipinski definition) is 1. The Hall–Kier alpha value is -0.290. The van der Waals surface area contributed by atoms with E-state index < -0.39 is 0 Å². The summed E-state index contributed by atoms with van der Waals surface area (Å²) in [4.78, 5) is 4.39. The van der Waals surface area contributed by atoms with E-state index in [1.165, 1.54) is 0 Å². The average molecular weight is 411 g/mol. The highest BCUT2D eigenvalue weighted by atomic mass is 79.9. The van der Waals surface area contributed by atoms with Crippen LogP contribution in [0.5, 0.6) is 0 Å². The van der Waals surface area contributed by atoms with Crippen LogP contribution in [0.1, 0.15) is 5.69 Å². The first-order chi connectivity index (χ1) is 8.49. The third kappa shape index (κ3) is 2.99. The second-order valence-corrected chi connectivity index (χ2v) is 6.08. The first-order valence-corrected chi connectivity index (χ1v) is 7.37. The summed E-state index contributed by atoms with van der Waals surface area (Å²) >= 11 is 18.9. The van der Waals surface area contributed by atoms with Crippen LogP contribution < -0.4 is 5.32 Å². The second kappa shape index (κ2) is 5.78. The lowest BCUT2D eigenvalue weighted by Crippen LogP contribution is -1.96. The molecule has 1 aromatic carbocycles. The third-order valence-corrected chi connectivity index (χ3v) is 4.93. The molecule has 2 nitrogen and oxygen atoms in total. The van der Waals surface area contributed by atoms with Gasteiger partial charge in [-0.15, -0.1) is 0 Å². The van der Waals surface area contributed by atoms with Crippen LogP contribution in [0.25, 0.3) is 0 Å². The molecule has 0 bridgehead atoms. The van der Waals surface area contributed by atoms with Gasteiger partial charge in [0.05, 0.1) is 21.4 Å². The van der Waals surface area contributed by atoms with Gasteiger partial charge in [-0.25, -0.2) is 4.98 Å². The van der Waals surface area contributed by atoms with Crippen LogP contribution in [0.2, 0.25) is 10.0 Å². The van der Waals surface area contributed by atoms with E-state index in [1.807, 2.05) is 31.2 Å². The maximum absolute atomic E-state index is 6.16. The highest BCUT2D eigenvalue weighted by Gasteiger charge is 2.09. The normalized spacial score (nSPS) is 10.5. The topological polar surface area (TPSA) is 24.9 Å². The zero-order valence-corrected chi connectivity index (χ0v) is 14.0. The highest BCUT2D eigenvalue weighted by molar-refractivity contribution is 9.10. The van der Waals surface area contributed by atoms with Crippen LogP contribution in [-0.4, -0.2) is 4.98 Å². The van der Waals surface area contributed by atoms with Crippen molar-refractivity contribution in [2.45, 2.75) is 6.92 Å². The van der Waals surface area contributed by atoms with Crippen LogP contribution in [0.3, 0.4) is 0 Å². The summed E-state index contributed by atoms with van der Waals surface area (Å²) in [5.74, 6) is 0.719. The maximum Gasteiger partial charge on any atom is 0.130 e. The van der Waals surface area contributed by atoms with Crippen LogP contribution in [0.4, 0.5) is 11.5 Å². The molecule has 0 aliphatic heterocycles. The molecule has 0 saturated carbocycles. The number of nitrogens with zero attached hydrogens (tertiary/aromatic N) is 1. The summed E-state index contributed by atoms with van der Waals surface area (Å²) in [6.07, 6.45) is 0. The average Bonchev–Trinajstić information content (AvgIpc) is 2.34. The van der Waals surface area contributed by atoms with Crippen LogP contribution in [-0.2, 0) is 0 Å². The molecule has 0 atom stereocenters. The number of hydrogen-bond acceptors (Lipinski definition) is 2. The lowest BCUT2D eigenvalue weighted by molar-refractivity contribution is 1.18. The molecule has 18 heavy (non-hydrogen) atoms. The van der Waals surface area contributed by atoms with Crippen molar-refractivity contribution in [3.63, 3.8) is 0 Å². The molecular formula is C12H8Br2Cl2N2. The van der Waals surface area contributed by atoms with Crippen molar-refractivity contribution in [3.05, 3.63) is 49.0 Å². The van der Waals surface area contributed by atoms with Crippen LogP contribution in [0.15, 0.2) is 33.2 Å². The fraction of sp³-hybridized carbons (Fsp3) is 0.0833. The molecule has 0 aliphatic rings. The zero-order valence-electron chi connectivity index (χ0n) is 9.27. The summed E-state index contributed by atoms with van der Waals surface area (Å²) < 4.78 is 1.73. The van der Waals surface area contributed by atoms with Gasteiger partial charge in [-0.1, -0.05) is 23.2 Å². The number of halogens is 4. The Morgan fingerprint density at radius 3 is 2.33 bits per heavy atom. The van der Waals surface area contributed by atoms with Crippen LogP contribution in [0, 0.1) is 6.92 Å². The third-order valence-electron chi connectivity index (χ3n) is 2.32. The van der Waals surface area contributed by atoms with E-state index in [0.717, 1.165) is 26.1 Å². The van der Waals surface area contributed by atoms with E-state index in [0.29, 0.717) is 10.0 Å². The molecule has 0 fully saturated rings. The van der Waals surface area contributed by atoms with Gasteiger partial charge in [0.2, 0.25) is 0 Å².